The van der Waals surface area contributed by atoms with Crippen molar-refractivity contribution in [1.29, 1.82) is 0 Å². The summed E-state index contributed by atoms with van der Waals surface area (Å²) in [5.41, 5.74) is -0.622. The molecular formula is C23H18ClF5N8O3. The minimum Gasteiger partial charge on any atom is -0.382 e. The Morgan fingerprint density at radius 3 is 2.52 bits per heavy atom. The Morgan fingerprint density at radius 2 is 1.88 bits per heavy atom. The fraction of sp³-hybridized carbons (Fsp3) is 0.304. The van der Waals surface area contributed by atoms with Gasteiger partial charge in [-0.1, -0.05) is 11.6 Å². The molecule has 11 nitrogen and oxygen atoms in total. The van der Waals surface area contributed by atoms with E-state index in [1.165, 1.54) is 48.9 Å². The Kier molecular flexibility index (Phi) is 6.91. The van der Waals surface area contributed by atoms with Crippen LogP contribution in [0.4, 0.5) is 27.6 Å². The zero-order valence-corrected chi connectivity index (χ0v) is 20.8. The number of hydrogen-bond acceptors (Lipinski definition) is 7. The number of alkyl halides is 5. The highest BCUT2D eigenvalue weighted by Crippen LogP contribution is 2.49. The van der Waals surface area contributed by atoms with Crippen molar-refractivity contribution in [3.8, 4) is 17.2 Å². The van der Waals surface area contributed by atoms with E-state index < -0.39 is 48.7 Å². The number of carbonyl (C=O) groups excluding carboxylic acids is 1. The SMILES string of the molecule is O=C(Nc1cccnc1-n1cnc(Cn2nc(-c3ccc(Cl)cc3)n(CC(O)C(F)(F)F)c2=O)n1)C1CC1(F)F. The number of anilines is 1. The second-order valence-corrected chi connectivity index (χ2v) is 9.36. The average Bonchev–Trinajstić information content (AvgIpc) is 3.18. The van der Waals surface area contributed by atoms with Crippen LogP contribution in [0.1, 0.15) is 12.2 Å². The molecule has 1 aliphatic rings. The van der Waals surface area contributed by atoms with E-state index in [9.17, 15) is 36.6 Å². The molecule has 1 saturated carbocycles. The molecule has 17 heteroatoms. The third kappa shape index (κ3) is 5.58. The van der Waals surface area contributed by atoms with Gasteiger partial charge in [-0.05, 0) is 36.4 Å². The summed E-state index contributed by atoms with van der Waals surface area (Å²) in [7, 11) is 0. The molecule has 3 aromatic heterocycles. The first kappa shape index (κ1) is 27.4. The lowest BCUT2D eigenvalue weighted by Crippen LogP contribution is -2.37. The van der Waals surface area contributed by atoms with Gasteiger partial charge >= 0.3 is 11.9 Å². The molecule has 40 heavy (non-hydrogen) atoms. The zero-order chi connectivity index (χ0) is 28.8. The van der Waals surface area contributed by atoms with Crippen molar-refractivity contribution in [2.24, 2.45) is 5.92 Å². The Labute approximate surface area is 225 Å². The lowest BCUT2D eigenvalue weighted by Gasteiger charge is -2.15. The van der Waals surface area contributed by atoms with Crippen LogP contribution in [0.15, 0.2) is 53.7 Å². The normalized spacial score (nSPS) is 17.0. The Balaban J connectivity index is 1.43. The van der Waals surface area contributed by atoms with Crippen LogP contribution in [0.3, 0.4) is 0 Å². The highest BCUT2D eigenvalue weighted by Gasteiger charge is 2.61. The third-order valence-corrected chi connectivity index (χ3v) is 6.25. The standard InChI is InChI=1S/C23H18ClF5N8O3/c24-13-5-3-12(4-6-13)18-34-36(21(40)35(18)9-16(38)23(27,28)29)10-17-31-11-37(33-17)19-15(2-1-7-30-19)32-20(39)14-8-22(14,25)26/h1-7,11,14,16,38H,8-10H2,(H,32,39). The van der Waals surface area contributed by atoms with Gasteiger partial charge in [0.2, 0.25) is 5.91 Å². The summed E-state index contributed by atoms with van der Waals surface area (Å²) in [6.07, 6.45) is -5.81. The van der Waals surface area contributed by atoms with Crippen LogP contribution in [0.25, 0.3) is 17.2 Å². The predicted octanol–water partition coefficient (Wildman–Crippen LogP) is 2.91. The minimum atomic E-state index is -4.98. The van der Waals surface area contributed by atoms with Crippen molar-refractivity contribution >= 4 is 23.2 Å². The smallest absolute Gasteiger partial charge is 0.382 e. The van der Waals surface area contributed by atoms with E-state index >= 15 is 0 Å². The van der Waals surface area contributed by atoms with Gasteiger partial charge in [-0.2, -0.15) is 13.2 Å². The van der Waals surface area contributed by atoms with E-state index in [0.29, 0.717) is 9.59 Å². The van der Waals surface area contributed by atoms with Crippen LogP contribution in [0.5, 0.6) is 0 Å². The molecule has 2 N–H and O–H groups in total. The van der Waals surface area contributed by atoms with Crippen molar-refractivity contribution in [2.45, 2.75) is 37.7 Å². The molecular weight excluding hydrogens is 567 g/mol. The summed E-state index contributed by atoms with van der Waals surface area (Å²) in [6, 6.07) is 8.72. The van der Waals surface area contributed by atoms with E-state index in [-0.39, 0.29) is 35.3 Å². The second-order valence-electron chi connectivity index (χ2n) is 8.93. The van der Waals surface area contributed by atoms with Gasteiger partial charge in [0.25, 0.3) is 5.92 Å². The molecule has 210 valence electrons. The van der Waals surface area contributed by atoms with Crippen LogP contribution in [0, 0.1) is 5.92 Å². The summed E-state index contributed by atoms with van der Waals surface area (Å²) in [4.78, 5) is 33.4. The number of nitrogens with zero attached hydrogens (tertiary/aromatic N) is 7. The number of pyridine rings is 1. The molecule has 1 fully saturated rings. The van der Waals surface area contributed by atoms with Gasteiger partial charge in [0.1, 0.15) is 18.8 Å². The van der Waals surface area contributed by atoms with Crippen molar-refractivity contribution in [1.82, 2.24) is 34.1 Å². The maximum absolute atomic E-state index is 13.3. The fourth-order valence-electron chi connectivity index (χ4n) is 3.80. The number of aliphatic hydroxyl groups excluding tert-OH is 1. The molecule has 0 radical (unpaired) electrons. The summed E-state index contributed by atoms with van der Waals surface area (Å²) in [5.74, 6) is -5.51. The number of aliphatic hydroxyl groups is 1. The number of halogens is 6. The third-order valence-electron chi connectivity index (χ3n) is 5.99. The summed E-state index contributed by atoms with van der Waals surface area (Å²) < 4.78 is 68.4. The zero-order valence-electron chi connectivity index (χ0n) is 20.1. The van der Waals surface area contributed by atoms with Crippen LogP contribution < -0.4 is 11.0 Å². The van der Waals surface area contributed by atoms with Gasteiger partial charge in [0, 0.05) is 23.2 Å². The number of carbonyl (C=O) groups is 1. The molecule has 1 aliphatic carbocycles. The Morgan fingerprint density at radius 1 is 1.18 bits per heavy atom. The van der Waals surface area contributed by atoms with Gasteiger partial charge < -0.3 is 10.4 Å². The van der Waals surface area contributed by atoms with Gasteiger partial charge in [0.05, 0.1) is 12.2 Å². The van der Waals surface area contributed by atoms with Crippen LogP contribution in [0.2, 0.25) is 5.02 Å². The maximum atomic E-state index is 13.3. The molecule has 5 rings (SSSR count). The fourth-order valence-corrected chi connectivity index (χ4v) is 3.92. The first-order chi connectivity index (χ1) is 18.8. The number of rotatable bonds is 8. The highest BCUT2D eigenvalue weighted by atomic mass is 35.5. The first-order valence-corrected chi connectivity index (χ1v) is 11.9. The van der Waals surface area contributed by atoms with Crippen LogP contribution in [-0.4, -0.2) is 63.3 Å². The summed E-state index contributed by atoms with van der Waals surface area (Å²) >= 11 is 5.89. The predicted molar refractivity (Wildman–Crippen MR) is 129 cm³/mol. The Bertz CT molecular complexity index is 1620. The maximum Gasteiger partial charge on any atom is 0.416 e. The number of benzene rings is 1. The first-order valence-electron chi connectivity index (χ1n) is 11.6. The van der Waals surface area contributed by atoms with Crippen molar-refractivity contribution in [3.63, 3.8) is 0 Å². The van der Waals surface area contributed by atoms with Crippen molar-refractivity contribution < 1.29 is 31.9 Å². The number of aromatic nitrogens is 7. The van der Waals surface area contributed by atoms with Gasteiger partial charge in [-0.15, -0.1) is 10.2 Å². The van der Waals surface area contributed by atoms with Crippen LogP contribution in [-0.2, 0) is 17.9 Å². The largest absolute Gasteiger partial charge is 0.416 e. The molecule has 2 unspecified atom stereocenters. The van der Waals surface area contributed by atoms with Crippen molar-refractivity contribution in [2.75, 3.05) is 5.32 Å². The van der Waals surface area contributed by atoms with E-state index in [0.717, 1.165) is 9.36 Å². The van der Waals surface area contributed by atoms with E-state index in [1.54, 1.807) is 0 Å². The minimum absolute atomic E-state index is 0.0116. The van der Waals surface area contributed by atoms with Gasteiger partial charge in [-0.25, -0.2) is 32.9 Å². The number of nitrogens with one attached hydrogen (secondary N) is 1. The van der Waals surface area contributed by atoms with Gasteiger partial charge in [0.15, 0.2) is 23.6 Å². The monoisotopic (exact) mass is 584 g/mol. The molecule has 0 spiro atoms. The highest BCUT2D eigenvalue weighted by molar-refractivity contribution is 6.30. The number of hydrogen-bond donors (Lipinski definition) is 2. The lowest BCUT2D eigenvalue weighted by molar-refractivity contribution is -0.207. The molecule has 1 amide bonds. The lowest BCUT2D eigenvalue weighted by atomic mass is 10.2. The molecule has 0 aliphatic heterocycles. The second kappa shape index (κ2) is 10.1. The summed E-state index contributed by atoms with van der Waals surface area (Å²) in [5, 5.41) is 20.7. The number of amides is 1. The molecule has 0 saturated heterocycles. The van der Waals surface area contributed by atoms with Crippen molar-refractivity contribution in [3.05, 3.63) is 70.3 Å². The molecule has 2 atom stereocenters. The topological polar surface area (TPSA) is 133 Å². The Hall–Kier alpha value is -4.18. The quantitative estimate of drug-likeness (QED) is 0.304. The van der Waals surface area contributed by atoms with E-state index in [2.05, 4.69) is 25.5 Å². The van der Waals surface area contributed by atoms with E-state index in [1.807, 2.05) is 0 Å². The molecule has 0 bridgehead atoms. The van der Waals surface area contributed by atoms with Gasteiger partial charge in [-0.3, -0.25) is 9.36 Å². The molecule has 3 heterocycles. The average molecular weight is 585 g/mol. The summed E-state index contributed by atoms with van der Waals surface area (Å²) in [6.45, 7) is -1.50. The van der Waals surface area contributed by atoms with Crippen LogP contribution >= 0.6 is 11.6 Å². The van der Waals surface area contributed by atoms with E-state index in [4.69, 9.17) is 11.6 Å². The molecule has 1 aromatic carbocycles. The molecule has 4 aromatic rings.